The van der Waals surface area contributed by atoms with E-state index in [1.54, 1.807) is 41.3 Å². The highest BCUT2D eigenvalue weighted by molar-refractivity contribution is 7.89. The third-order valence-corrected chi connectivity index (χ3v) is 6.14. The summed E-state index contributed by atoms with van der Waals surface area (Å²) < 4.78 is 33.2. The summed E-state index contributed by atoms with van der Waals surface area (Å²) in [5, 5.41) is 0. The van der Waals surface area contributed by atoms with Crippen LogP contribution in [-0.2, 0) is 14.8 Å². The van der Waals surface area contributed by atoms with E-state index in [4.69, 9.17) is 4.74 Å². The average Bonchev–Trinajstić information content (AvgIpc) is 2.67. The van der Waals surface area contributed by atoms with Gasteiger partial charge >= 0.3 is 0 Å². The smallest absolute Gasteiger partial charge is 0.260 e. The maximum Gasteiger partial charge on any atom is 0.260 e. The van der Waals surface area contributed by atoms with Crippen LogP contribution in [0.1, 0.15) is 18.4 Å². The molecule has 0 unspecified atom stereocenters. The fraction of sp³-hybridized carbons (Fsp3) is 0.350. The first-order chi connectivity index (χ1) is 12.9. The average molecular weight is 388 g/mol. The minimum Gasteiger partial charge on any atom is -0.484 e. The second kappa shape index (κ2) is 8.54. The molecule has 0 radical (unpaired) electrons. The van der Waals surface area contributed by atoms with E-state index in [0.29, 0.717) is 31.7 Å². The molecule has 1 N–H and O–H groups in total. The molecule has 0 aromatic heterocycles. The summed E-state index contributed by atoms with van der Waals surface area (Å²) in [5.74, 6) is 0.574. The molecule has 1 amide bonds. The molecule has 2 aromatic carbocycles. The van der Waals surface area contributed by atoms with Gasteiger partial charge in [-0.1, -0.05) is 35.9 Å². The lowest BCUT2D eigenvalue weighted by Crippen LogP contribution is -2.47. The molecule has 0 aliphatic carbocycles. The number of piperidine rings is 1. The molecular weight excluding hydrogens is 364 g/mol. The molecule has 3 rings (SSSR count). The van der Waals surface area contributed by atoms with Crippen molar-refractivity contribution in [2.75, 3.05) is 19.7 Å². The third-order valence-electron chi connectivity index (χ3n) is 4.61. The van der Waals surface area contributed by atoms with Crippen LogP contribution in [0.3, 0.4) is 0 Å². The van der Waals surface area contributed by atoms with E-state index in [2.05, 4.69) is 4.72 Å². The number of likely N-dealkylation sites (tertiary alicyclic amines) is 1. The van der Waals surface area contributed by atoms with Crippen molar-refractivity contribution < 1.29 is 17.9 Å². The van der Waals surface area contributed by atoms with Crippen molar-refractivity contribution in [1.29, 1.82) is 0 Å². The van der Waals surface area contributed by atoms with Crippen molar-refractivity contribution in [3.05, 3.63) is 60.2 Å². The lowest BCUT2D eigenvalue weighted by molar-refractivity contribution is -0.134. The molecule has 1 aliphatic heterocycles. The van der Waals surface area contributed by atoms with Gasteiger partial charge in [-0.25, -0.2) is 13.1 Å². The minimum absolute atomic E-state index is 0.0101. The lowest BCUT2D eigenvalue weighted by Gasteiger charge is -2.32. The van der Waals surface area contributed by atoms with Crippen molar-refractivity contribution in [3.8, 4) is 5.75 Å². The minimum atomic E-state index is -3.54. The van der Waals surface area contributed by atoms with Crippen molar-refractivity contribution in [1.82, 2.24) is 9.62 Å². The Hall–Kier alpha value is -2.38. The molecule has 1 fully saturated rings. The molecule has 6 nitrogen and oxygen atoms in total. The number of rotatable bonds is 6. The van der Waals surface area contributed by atoms with Gasteiger partial charge in [-0.05, 0) is 44.0 Å². The maximum atomic E-state index is 12.5. The number of nitrogens with zero attached hydrogens (tertiary/aromatic N) is 1. The summed E-state index contributed by atoms with van der Waals surface area (Å²) >= 11 is 0. The van der Waals surface area contributed by atoms with Gasteiger partial charge in [0.05, 0.1) is 4.90 Å². The number of hydrogen-bond donors (Lipinski definition) is 1. The Kier molecular flexibility index (Phi) is 6.13. The normalized spacial score (nSPS) is 15.5. The fourth-order valence-corrected chi connectivity index (χ4v) is 4.31. The van der Waals surface area contributed by atoms with E-state index < -0.39 is 10.0 Å². The molecule has 1 heterocycles. The summed E-state index contributed by atoms with van der Waals surface area (Å²) in [6.45, 7) is 2.93. The van der Waals surface area contributed by atoms with Gasteiger partial charge in [0, 0.05) is 19.1 Å². The number of aryl methyl sites for hydroxylation is 1. The van der Waals surface area contributed by atoms with E-state index in [0.717, 1.165) is 5.56 Å². The molecule has 7 heteroatoms. The second-order valence-corrected chi connectivity index (χ2v) is 8.41. The number of amides is 1. The molecule has 0 bridgehead atoms. The highest BCUT2D eigenvalue weighted by Crippen LogP contribution is 2.16. The molecule has 0 atom stereocenters. The van der Waals surface area contributed by atoms with Crippen molar-refractivity contribution >= 4 is 15.9 Å². The number of sulfonamides is 1. The van der Waals surface area contributed by atoms with E-state index in [1.165, 1.54) is 0 Å². The van der Waals surface area contributed by atoms with Crippen molar-refractivity contribution in [2.45, 2.75) is 30.7 Å². The lowest BCUT2D eigenvalue weighted by atomic mass is 10.1. The Bertz CT molecular complexity index is 859. The van der Waals surface area contributed by atoms with Crippen LogP contribution in [0.5, 0.6) is 5.75 Å². The van der Waals surface area contributed by atoms with Crippen LogP contribution >= 0.6 is 0 Å². The summed E-state index contributed by atoms with van der Waals surface area (Å²) in [4.78, 5) is 14.3. The van der Waals surface area contributed by atoms with Crippen molar-refractivity contribution in [2.24, 2.45) is 0 Å². The maximum absolute atomic E-state index is 12.5. The molecule has 0 saturated carbocycles. The first kappa shape index (κ1) is 19.4. The SMILES string of the molecule is Cc1ccc(S(=O)(=O)NC2CCN(C(=O)COc3ccccc3)CC2)cc1. The predicted octanol–water partition coefficient (Wildman–Crippen LogP) is 2.34. The number of benzene rings is 2. The fourth-order valence-electron chi connectivity index (χ4n) is 3.00. The van der Waals surface area contributed by atoms with E-state index in [-0.39, 0.29) is 23.5 Å². The largest absolute Gasteiger partial charge is 0.484 e. The van der Waals surface area contributed by atoms with Crippen LogP contribution < -0.4 is 9.46 Å². The summed E-state index contributed by atoms with van der Waals surface area (Å²) in [7, 11) is -3.54. The number of carbonyl (C=O) groups excluding carboxylic acids is 1. The van der Waals surface area contributed by atoms with Crippen LogP contribution in [0.2, 0.25) is 0 Å². The first-order valence-corrected chi connectivity index (χ1v) is 10.5. The van der Waals surface area contributed by atoms with Gasteiger partial charge in [-0.3, -0.25) is 4.79 Å². The predicted molar refractivity (Wildman–Crippen MR) is 103 cm³/mol. The van der Waals surface area contributed by atoms with Crippen LogP contribution in [0.15, 0.2) is 59.5 Å². The second-order valence-electron chi connectivity index (χ2n) is 6.69. The van der Waals surface area contributed by atoms with Gasteiger partial charge in [-0.15, -0.1) is 0 Å². The van der Waals surface area contributed by atoms with Crippen LogP contribution in [-0.4, -0.2) is 45.0 Å². The molecular formula is C20H24N2O4S. The van der Waals surface area contributed by atoms with E-state index >= 15 is 0 Å². The Morgan fingerprint density at radius 2 is 1.70 bits per heavy atom. The monoisotopic (exact) mass is 388 g/mol. The topological polar surface area (TPSA) is 75.7 Å². The molecule has 27 heavy (non-hydrogen) atoms. The standard InChI is InChI=1S/C20H24N2O4S/c1-16-7-9-19(10-8-16)27(24,25)21-17-11-13-22(14-12-17)20(23)15-26-18-5-3-2-4-6-18/h2-10,17,21H,11-15H2,1H3. The van der Waals surface area contributed by atoms with Crippen molar-refractivity contribution in [3.63, 3.8) is 0 Å². The Labute approximate surface area is 160 Å². The van der Waals surface area contributed by atoms with Crippen LogP contribution in [0, 0.1) is 6.92 Å². The summed E-state index contributed by atoms with van der Waals surface area (Å²) in [5.41, 5.74) is 1.01. The van der Waals surface area contributed by atoms with Gasteiger partial charge in [0.2, 0.25) is 10.0 Å². The summed E-state index contributed by atoms with van der Waals surface area (Å²) in [6, 6.07) is 15.8. The van der Waals surface area contributed by atoms with Gasteiger partial charge in [0.1, 0.15) is 5.75 Å². The number of ether oxygens (including phenoxy) is 1. The number of hydrogen-bond acceptors (Lipinski definition) is 4. The van der Waals surface area contributed by atoms with Gasteiger partial charge in [0.15, 0.2) is 6.61 Å². The van der Waals surface area contributed by atoms with Gasteiger partial charge in [-0.2, -0.15) is 0 Å². The molecule has 2 aromatic rings. The zero-order valence-electron chi connectivity index (χ0n) is 15.3. The van der Waals surface area contributed by atoms with Crippen LogP contribution in [0.4, 0.5) is 0 Å². The quantitative estimate of drug-likeness (QED) is 0.824. The molecule has 1 aliphatic rings. The first-order valence-electron chi connectivity index (χ1n) is 8.99. The Morgan fingerprint density at radius 3 is 2.33 bits per heavy atom. The van der Waals surface area contributed by atoms with E-state index in [9.17, 15) is 13.2 Å². The van der Waals surface area contributed by atoms with Gasteiger partial charge < -0.3 is 9.64 Å². The van der Waals surface area contributed by atoms with E-state index in [1.807, 2.05) is 25.1 Å². The highest BCUT2D eigenvalue weighted by Gasteiger charge is 2.26. The number of para-hydroxylation sites is 1. The highest BCUT2D eigenvalue weighted by atomic mass is 32.2. The molecule has 144 valence electrons. The third kappa shape index (κ3) is 5.30. The Morgan fingerprint density at radius 1 is 1.07 bits per heavy atom. The number of nitrogens with one attached hydrogen (secondary N) is 1. The number of carbonyl (C=O) groups is 1. The van der Waals surface area contributed by atoms with Gasteiger partial charge in [0.25, 0.3) is 5.91 Å². The zero-order valence-corrected chi connectivity index (χ0v) is 16.1. The zero-order chi connectivity index (χ0) is 19.3. The Balaban J connectivity index is 1.48. The molecule has 0 spiro atoms. The van der Waals surface area contributed by atoms with Crippen LogP contribution in [0.25, 0.3) is 0 Å². The molecule has 1 saturated heterocycles. The summed E-state index contributed by atoms with van der Waals surface area (Å²) in [6.07, 6.45) is 1.17.